The summed E-state index contributed by atoms with van der Waals surface area (Å²) in [7, 11) is 0. The van der Waals surface area contributed by atoms with Crippen LogP contribution >= 0.6 is 15.9 Å². The first-order valence-corrected chi connectivity index (χ1v) is 7.12. The van der Waals surface area contributed by atoms with Gasteiger partial charge in [0, 0.05) is 0 Å². The normalized spacial score (nSPS) is 11.4. The van der Waals surface area contributed by atoms with Gasteiger partial charge in [-0.25, -0.2) is 4.68 Å². The Hall–Kier alpha value is -2.53. The number of benzene rings is 2. The van der Waals surface area contributed by atoms with Gasteiger partial charge in [0.15, 0.2) is 0 Å². The standard InChI is InChI=1S/C15H7BrF3N3O/c16-14-13-9(8-20)2-1-3-12(13)22(21-14)10-4-6-11(7-5-10)23-15(17,18)19/h1-7H. The summed E-state index contributed by atoms with van der Waals surface area (Å²) in [6.07, 6.45) is -4.73. The van der Waals surface area contributed by atoms with E-state index in [1.807, 2.05) is 0 Å². The number of nitrogens with zero attached hydrogens (tertiary/aromatic N) is 3. The van der Waals surface area contributed by atoms with Crippen LogP contribution in [0.3, 0.4) is 0 Å². The van der Waals surface area contributed by atoms with Crippen molar-refractivity contribution in [3.05, 3.63) is 52.6 Å². The highest BCUT2D eigenvalue weighted by Gasteiger charge is 2.31. The van der Waals surface area contributed by atoms with Crippen LogP contribution in [0.1, 0.15) is 5.56 Å². The Morgan fingerprint density at radius 2 is 1.83 bits per heavy atom. The predicted molar refractivity (Wildman–Crippen MR) is 80.2 cm³/mol. The van der Waals surface area contributed by atoms with Gasteiger partial charge in [0.25, 0.3) is 0 Å². The maximum Gasteiger partial charge on any atom is 0.573 e. The fraction of sp³-hybridized carbons (Fsp3) is 0.0667. The molecule has 23 heavy (non-hydrogen) atoms. The van der Waals surface area contributed by atoms with E-state index in [1.165, 1.54) is 28.9 Å². The van der Waals surface area contributed by atoms with Crippen LogP contribution in [0, 0.1) is 11.3 Å². The lowest BCUT2D eigenvalue weighted by atomic mass is 10.1. The van der Waals surface area contributed by atoms with Crippen molar-refractivity contribution in [2.24, 2.45) is 0 Å². The van der Waals surface area contributed by atoms with Gasteiger partial charge in [0.05, 0.1) is 28.2 Å². The van der Waals surface area contributed by atoms with Crippen molar-refractivity contribution in [3.63, 3.8) is 0 Å². The second kappa shape index (κ2) is 5.59. The average Bonchev–Trinajstić information content (AvgIpc) is 2.84. The van der Waals surface area contributed by atoms with E-state index in [1.54, 1.807) is 18.2 Å². The molecule has 0 spiro atoms. The first kappa shape index (κ1) is 15.4. The molecule has 0 amide bonds. The molecule has 0 fully saturated rings. The molecule has 4 nitrogen and oxygen atoms in total. The number of fused-ring (bicyclic) bond motifs is 1. The number of hydrogen-bond acceptors (Lipinski definition) is 3. The van der Waals surface area contributed by atoms with E-state index in [0.29, 0.717) is 26.8 Å². The Morgan fingerprint density at radius 1 is 1.13 bits per heavy atom. The molecule has 116 valence electrons. The molecule has 3 aromatic rings. The summed E-state index contributed by atoms with van der Waals surface area (Å²) in [5.41, 5.74) is 1.67. The van der Waals surface area contributed by atoms with Gasteiger partial charge in [-0.1, -0.05) is 6.07 Å². The Labute approximate surface area is 136 Å². The van der Waals surface area contributed by atoms with Crippen molar-refractivity contribution in [1.82, 2.24) is 9.78 Å². The quantitative estimate of drug-likeness (QED) is 0.653. The lowest BCUT2D eigenvalue weighted by Crippen LogP contribution is -2.17. The molecule has 0 aliphatic carbocycles. The summed E-state index contributed by atoms with van der Waals surface area (Å²) in [5, 5.41) is 14.1. The molecule has 0 aliphatic rings. The number of nitriles is 1. The summed E-state index contributed by atoms with van der Waals surface area (Å²) in [5.74, 6) is -0.311. The summed E-state index contributed by atoms with van der Waals surface area (Å²) in [6.45, 7) is 0. The third-order valence-electron chi connectivity index (χ3n) is 3.10. The highest BCUT2D eigenvalue weighted by atomic mass is 79.9. The number of alkyl halides is 3. The highest BCUT2D eigenvalue weighted by molar-refractivity contribution is 9.10. The molecule has 0 aliphatic heterocycles. The van der Waals surface area contributed by atoms with Crippen molar-refractivity contribution >= 4 is 26.8 Å². The molecular weight excluding hydrogens is 375 g/mol. The number of halogens is 4. The van der Waals surface area contributed by atoms with Crippen LogP contribution in [0.4, 0.5) is 13.2 Å². The third kappa shape index (κ3) is 3.00. The molecular formula is C15H7BrF3N3O. The number of rotatable bonds is 2. The zero-order chi connectivity index (χ0) is 16.6. The summed E-state index contributed by atoms with van der Waals surface area (Å²) in [6, 6.07) is 12.6. The first-order valence-electron chi connectivity index (χ1n) is 6.32. The molecule has 1 heterocycles. The van der Waals surface area contributed by atoms with E-state index in [-0.39, 0.29) is 5.75 Å². The zero-order valence-corrected chi connectivity index (χ0v) is 12.9. The van der Waals surface area contributed by atoms with Crippen LogP contribution in [0.5, 0.6) is 5.75 Å². The zero-order valence-electron chi connectivity index (χ0n) is 11.3. The minimum atomic E-state index is -4.73. The van der Waals surface area contributed by atoms with Crippen molar-refractivity contribution in [1.29, 1.82) is 5.26 Å². The Morgan fingerprint density at radius 3 is 2.43 bits per heavy atom. The molecule has 1 aromatic heterocycles. The SMILES string of the molecule is N#Cc1cccc2c1c(Br)nn2-c1ccc(OC(F)(F)F)cc1. The second-order valence-corrected chi connectivity index (χ2v) is 5.31. The van der Waals surface area contributed by atoms with E-state index in [4.69, 9.17) is 5.26 Å². The van der Waals surface area contributed by atoms with Gasteiger partial charge in [0.2, 0.25) is 0 Å². The van der Waals surface area contributed by atoms with Crippen LogP contribution in [0.25, 0.3) is 16.6 Å². The van der Waals surface area contributed by atoms with E-state index in [2.05, 4.69) is 31.8 Å². The van der Waals surface area contributed by atoms with Gasteiger partial charge in [-0.15, -0.1) is 13.2 Å². The molecule has 0 unspecified atom stereocenters. The fourth-order valence-electron chi connectivity index (χ4n) is 2.20. The average molecular weight is 382 g/mol. The van der Waals surface area contributed by atoms with Gasteiger partial charge < -0.3 is 4.74 Å². The van der Waals surface area contributed by atoms with Crippen LogP contribution in [0.15, 0.2) is 47.1 Å². The molecule has 0 bridgehead atoms. The monoisotopic (exact) mass is 381 g/mol. The molecule has 2 aromatic carbocycles. The van der Waals surface area contributed by atoms with Gasteiger partial charge in [-0.05, 0) is 52.3 Å². The van der Waals surface area contributed by atoms with Crippen molar-refractivity contribution < 1.29 is 17.9 Å². The molecule has 0 radical (unpaired) electrons. The topological polar surface area (TPSA) is 50.8 Å². The first-order chi connectivity index (χ1) is 10.9. The van der Waals surface area contributed by atoms with Gasteiger partial charge in [0.1, 0.15) is 10.4 Å². The summed E-state index contributed by atoms with van der Waals surface area (Å²) < 4.78 is 42.4. The van der Waals surface area contributed by atoms with Gasteiger partial charge >= 0.3 is 6.36 Å². The van der Waals surface area contributed by atoms with E-state index >= 15 is 0 Å². The molecule has 0 saturated heterocycles. The van der Waals surface area contributed by atoms with Crippen LogP contribution in [0.2, 0.25) is 0 Å². The van der Waals surface area contributed by atoms with Crippen molar-refractivity contribution in [3.8, 4) is 17.5 Å². The minimum absolute atomic E-state index is 0.311. The maximum atomic E-state index is 12.2. The third-order valence-corrected chi connectivity index (χ3v) is 3.66. The van der Waals surface area contributed by atoms with Gasteiger partial charge in [-0.2, -0.15) is 10.4 Å². The highest BCUT2D eigenvalue weighted by Crippen LogP contribution is 2.30. The van der Waals surface area contributed by atoms with Crippen LogP contribution in [-0.4, -0.2) is 16.1 Å². The maximum absolute atomic E-state index is 12.2. The Balaban J connectivity index is 2.06. The minimum Gasteiger partial charge on any atom is -0.406 e. The molecule has 8 heteroatoms. The van der Waals surface area contributed by atoms with E-state index in [0.717, 1.165) is 0 Å². The van der Waals surface area contributed by atoms with Crippen molar-refractivity contribution in [2.75, 3.05) is 0 Å². The van der Waals surface area contributed by atoms with E-state index < -0.39 is 6.36 Å². The second-order valence-electron chi connectivity index (χ2n) is 4.56. The van der Waals surface area contributed by atoms with Gasteiger partial charge in [-0.3, -0.25) is 0 Å². The Bertz CT molecular complexity index is 911. The molecule has 0 atom stereocenters. The van der Waals surface area contributed by atoms with Crippen LogP contribution < -0.4 is 4.74 Å². The van der Waals surface area contributed by atoms with Crippen molar-refractivity contribution in [2.45, 2.75) is 6.36 Å². The number of ether oxygens (including phenoxy) is 1. The van der Waals surface area contributed by atoms with E-state index in [9.17, 15) is 13.2 Å². The largest absolute Gasteiger partial charge is 0.573 e. The predicted octanol–water partition coefficient (Wildman–Crippen LogP) is 4.56. The number of hydrogen-bond donors (Lipinski definition) is 0. The molecule has 0 N–H and O–H groups in total. The fourth-order valence-corrected chi connectivity index (χ4v) is 2.78. The Kier molecular flexibility index (Phi) is 3.74. The lowest BCUT2D eigenvalue weighted by Gasteiger charge is -2.09. The molecule has 0 saturated carbocycles. The summed E-state index contributed by atoms with van der Waals surface area (Å²) in [4.78, 5) is 0. The molecule has 3 rings (SSSR count). The smallest absolute Gasteiger partial charge is 0.406 e. The lowest BCUT2D eigenvalue weighted by molar-refractivity contribution is -0.274. The number of aromatic nitrogens is 2. The van der Waals surface area contributed by atoms with Crippen LogP contribution in [-0.2, 0) is 0 Å². The summed E-state index contributed by atoms with van der Waals surface area (Å²) >= 11 is 3.30.